The standard InChI is InChI=1S/C16H13F6NO2/c17-15(18,19)11-3-1-9(2-4-11)13-6-5-12(10(7-24)8-25)14(23-13)16(20,21)22/h1-6,10,24-25H,7-8H2. The van der Waals surface area contributed by atoms with Crippen LogP contribution in [0.15, 0.2) is 36.4 Å². The van der Waals surface area contributed by atoms with Crippen LogP contribution in [0.3, 0.4) is 0 Å². The maximum absolute atomic E-state index is 13.2. The Labute approximate surface area is 138 Å². The molecule has 0 aliphatic heterocycles. The van der Waals surface area contributed by atoms with Gasteiger partial charge in [-0.15, -0.1) is 0 Å². The van der Waals surface area contributed by atoms with Gasteiger partial charge in [-0.3, -0.25) is 0 Å². The zero-order chi connectivity index (χ0) is 18.8. The van der Waals surface area contributed by atoms with Gasteiger partial charge in [0.2, 0.25) is 0 Å². The molecule has 2 N–H and O–H groups in total. The first-order valence-electron chi connectivity index (χ1n) is 7.05. The summed E-state index contributed by atoms with van der Waals surface area (Å²) in [6, 6.07) is 5.82. The first kappa shape index (κ1) is 19.2. The van der Waals surface area contributed by atoms with Gasteiger partial charge in [-0.1, -0.05) is 18.2 Å². The molecule has 1 aromatic carbocycles. The van der Waals surface area contributed by atoms with Crippen LogP contribution in [0.1, 0.15) is 22.7 Å². The van der Waals surface area contributed by atoms with Crippen molar-refractivity contribution < 1.29 is 36.6 Å². The number of rotatable bonds is 4. The Morgan fingerprint density at radius 1 is 0.800 bits per heavy atom. The Bertz CT molecular complexity index is 721. The number of alkyl halides is 6. The van der Waals surface area contributed by atoms with Gasteiger partial charge in [0.05, 0.1) is 24.5 Å². The number of benzene rings is 1. The fraction of sp³-hybridized carbons (Fsp3) is 0.312. The lowest BCUT2D eigenvalue weighted by molar-refractivity contribution is -0.142. The average Bonchev–Trinajstić information content (AvgIpc) is 2.54. The molecule has 25 heavy (non-hydrogen) atoms. The molecule has 0 aliphatic rings. The van der Waals surface area contributed by atoms with Gasteiger partial charge in [0.25, 0.3) is 0 Å². The third-order valence-electron chi connectivity index (χ3n) is 3.58. The molecular formula is C16H13F6NO2. The summed E-state index contributed by atoms with van der Waals surface area (Å²) < 4.78 is 77.3. The summed E-state index contributed by atoms with van der Waals surface area (Å²) in [6.45, 7) is -1.41. The van der Waals surface area contributed by atoms with E-state index in [1.165, 1.54) is 6.07 Å². The van der Waals surface area contributed by atoms with E-state index in [4.69, 9.17) is 10.2 Å². The molecule has 3 nitrogen and oxygen atoms in total. The van der Waals surface area contributed by atoms with E-state index in [1.54, 1.807) is 0 Å². The molecule has 1 heterocycles. The van der Waals surface area contributed by atoms with Crippen LogP contribution in [0.4, 0.5) is 26.3 Å². The minimum atomic E-state index is -4.85. The van der Waals surface area contributed by atoms with Gasteiger partial charge in [-0.2, -0.15) is 26.3 Å². The maximum Gasteiger partial charge on any atom is 0.433 e. The number of hydrogen-bond donors (Lipinski definition) is 2. The van der Waals surface area contributed by atoms with Gasteiger partial charge >= 0.3 is 12.4 Å². The van der Waals surface area contributed by atoms with Crippen LogP contribution >= 0.6 is 0 Å². The second kappa shape index (κ2) is 7.01. The number of pyridine rings is 1. The molecule has 2 aromatic rings. The highest BCUT2D eigenvalue weighted by molar-refractivity contribution is 5.60. The Morgan fingerprint density at radius 3 is 1.80 bits per heavy atom. The highest BCUT2D eigenvalue weighted by Crippen LogP contribution is 2.36. The molecule has 0 radical (unpaired) electrons. The smallest absolute Gasteiger partial charge is 0.396 e. The Hall–Kier alpha value is -2.13. The van der Waals surface area contributed by atoms with E-state index in [0.29, 0.717) is 0 Å². The molecule has 2 rings (SSSR count). The number of aromatic nitrogens is 1. The van der Waals surface area contributed by atoms with E-state index < -0.39 is 42.7 Å². The highest BCUT2D eigenvalue weighted by atomic mass is 19.4. The number of aliphatic hydroxyl groups is 2. The van der Waals surface area contributed by atoms with Crippen molar-refractivity contribution in [2.75, 3.05) is 13.2 Å². The molecule has 0 saturated heterocycles. The van der Waals surface area contributed by atoms with Crippen molar-refractivity contribution in [1.82, 2.24) is 4.98 Å². The van der Waals surface area contributed by atoms with Crippen molar-refractivity contribution in [3.63, 3.8) is 0 Å². The lowest BCUT2D eigenvalue weighted by Crippen LogP contribution is -2.18. The van der Waals surface area contributed by atoms with Crippen LogP contribution in [-0.2, 0) is 12.4 Å². The molecular weight excluding hydrogens is 352 g/mol. The van der Waals surface area contributed by atoms with Crippen molar-refractivity contribution >= 4 is 0 Å². The molecule has 9 heteroatoms. The van der Waals surface area contributed by atoms with Crippen molar-refractivity contribution in [3.05, 3.63) is 53.2 Å². The average molecular weight is 365 g/mol. The number of hydrogen-bond acceptors (Lipinski definition) is 3. The molecule has 0 fully saturated rings. The third-order valence-corrected chi connectivity index (χ3v) is 3.58. The summed E-state index contributed by atoms with van der Waals surface area (Å²) in [7, 11) is 0. The number of halogens is 6. The van der Waals surface area contributed by atoms with Crippen molar-refractivity contribution in [1.29, 1.82) is 0 Å². The Balaban J connectivity index is 2.50. The van der Waals surface area contributed by atoms with Crippen LogP contribution in [0, 0.1) is 0 Å². The fourth-order valence-corrected chi connectivity index (χ4v) is 2.27. The van der Waals surface area contributed by atoms with E-state index in [2.05, 4.69) is 4.98 Å². The number of nitrogens with zero attached hydrogens (tertiary/aromatic N) is 1. The largest absolute Gasteiger partial charge is 0.433 e. The predicted octanol–water partition coefficient (Wildman–Crippen LogP) is 3.85. The van der Waals surface area contributed by atoms with Crippen LogP contribution in [0.25, 0.3) is 11.3 Å². The van der Waals surface area contributed by atoms with Crippen LogP contribution in [0.2, 0.25) is 0 Å². The highest BCUT2D eigenvalue weighted by Gasteiger charge is 2.37. The first-order valence-corrected chi connectivity index (χ1v) is 7.05. The summed E-state index contributed by atoms with van der Waals surface area (Å²) in [5.74, 6) is -1.16. The zero-order valence-electron chi connectivity index (χ0n) is 12.6. The minimum absolute atomic E-state index is 0.0783. The van der Waals surface area contributed by atoms with E-state index in [-0.39, 0.29) is 16.8 Å². The topological polar surface area (TPSA) is 53.4 Å². The Morgan fingerprint density at radius 2 is 1.36 bits per heavy atom. The maximum atomic E-state index is 13.2. The zero-order valence-corrected chi connectivity index (χ0v) is 12.6. The molecule has 0 bridgehead atoms. The van der Waals surface area contributed by atoms with Crippen molar-refractivity contribution in [2.45, 2.75) is 18.3 Å². The molecule has 0 saturated carbocycles. The quantitative estimate of drug-likeness (QED) is 0.810. The third kappa shape index (κ3) is 4.29. The van der Waals surface area contributed by atoms with Crippen molar-refractivity contribution in [3.8, 4) is 11.3 Å². The van der Waals surface area contributed by atoms with E-state index >= 15 is 0 Å². The summed E-state index contributed by atoms with van der Waals surface area (Å²) >= 11 is 0. The molecule has 0 atom stereocenters. The molecule has 0 amide bonds. The Kier molecular flexibility index (Phi) is 5.38. The first-order chi connectivity index (χ1) is 11.6. The van der Waals surface area contributed by atoms with E-state index in [0.717, 1.165) is 30.3 Å². The lowest BCUT2D eigenvalue weighted by atomic mass is 9.97. The molecule has 0 spiro atoms. The lowest BCUT2D eigenvalue weighted by Gasteiger charge is -2.18. The minimum Gasteiger partial charge on any atom is -0.396 e. The monoisotopic (exact) mass is 365 g/mol. The van der Waals surface area contributed by atoms with Gasteiger partial charge in [0.1, 0.15) is 5.69 Å². The van der Waals surface area contributed by atoms with Crippen LogP contribution in [-0.4, -0.2) is 28.4 Å². The molecule has 0 unspecified atom stereocenters. The predicted molar refractivity (Wildman–Crippen MR) is 76.6 cm³/mol. The van der Waals surface area contributed by atoms with Gasteiger partial charge in [-0.05, 0) is 23.8 Å². The summed E-state index contributed by atoms with van der Waals surface area (Å²) in [6.07, 6.45) is -9.40. The second-order valence-electron chi connectivity index (χ2n) is 5.27. The van der Waals surface area contributed by atoms with Crippen LogP contribution < -0.4 is 0 Å². The summed E-state index contributed by atoms with van der Waals surface area (Å²) in [5.41, 5.74) is -2.69. The van der Waals surface area contributed by atoms with Gasteiger partial charge in [-0.25, -0.2) is 4.98 Å². The molecule has 1 aromatic heterocycles. The fourth-order valence-electron chi connectivity index (χ4n) is 2.27. The second-order valence-corrected chi connectivity index (χ2v) is 5.27. The molecule has 0 aliphatic carbocycles. The summed E-state index contributed by atoms with van der Waals surface area (Å²) in [5, 5.41) is 18.2. The summed E-state index contributed by atoms with van der Waals surface area (Å²) in [4.78, 5) is 3.49. The number of aliphatic hydroxyl groups excluding tert-OH is 2. The SMILES string of the molecule is OCC(CO)c1ccc(-c2ccc(C(F)(F)F)cc2)nc1C(F)(F)F. The van der Waals surface area contributed by atoms with Gasteiger partial charge in [0, 0.05) is 11.5 Å². The molecule has 136 valence electrons. The van der Waals surface area contributed by atoms with Gasteiger partial charge in [0.15, 0.2) is 0 Å². The van der Waals surface area contributed by atoms with Gasteiger partial charge < -0.3 is 10.2 Å². The van der Waals surface area contributed by atoms with E-state index in [9.17, 15) is 26.3 Å². The van der Waals surface area contributed by atoms with Crippen LogP contribution in [0.5, 0.6) is 0 Å². The van der Waals surface area contributed by atoms with Crippen molar-refractivity contribution in [2.24, 2.45) is 0 Å². The van der Waals surface area contributed by atoms with E-state index in [1.807, 2.05) is 0 Å². The normalized spacial score (nSPS) is 12.7.